The molecule has 5 atom stereocenters. The van der Waals surface area contributed by atoms with Gasteiger partial charge in [0.25, 0.3) is 0 Å². The summed E-state index contributed by atoms with van der Waals surface area (Å²) in [6.45, 7) is 17.1. The van der Waals surface area contributed by atoms with Gasteiger partial charge in [-0.2, -0.15) is 0 Å². The topological polar surface area (TPSA) is 167 Å². The van der Waals surface area contributed by atoms with Crippen molar-refractivity contribution in [3.05, 3.63) is 193 Å². The number of hydrogen-bond donors (Lipinski definition) is 3. The summed E-state index contributed by atoms with van der Waals surface area (Å²) in [5, 5.41) is 5.52. The van der Waals surface area contributed by atoms with E-state index in [2.05, 4.69) is 84.3 Å². The molecule has 0 unspecified atom stereocenters. The van der Waals surface area contributed by atoms with Gasteiger partial charge in [0.05, 0.1) is 6.04 Å². The molecule has 432 valence electrons. The minimum atomic E-state index is -0.847. The van der Waals surface area contributed by atoms with E-state index in [1.165, 1.54) is 11.1 Å². The van der Waals surface area contributed by atoms with Crippen molar-refractivity contribution in [1.29, 1.82) is 0 Å². The maximum atomic E-state index is 13.9. The fraction of sp³-hybridized carbons (Fsp3) is 0.431. The van der Waals surface area contributed by atoms with Gasteiger partial charge in [0, 0.05) is 51.4 Å². The minimum absolute atomic E-state index is 0. The SMILES string of the molecule is C=C.C[C@H](NC(=O)OC(C)(C)C)C(=O)N[C@@H](CCc1ccccc1)C(=O)N1CCC[C@H]1CN(C)CCc1ccccc1.Cl.N[C@@H](CCc1ccccc1)C(=O)N1CCC[C@H]1CN(CCc1ccccc1)C(=O)OCc1ccccc1. The third-order valence-electron chi connectivity index (χ3n) is 14.1. The lowest BCUT2D eigenvalue weighted by molar-refractivity contribution is -0.138. The molecule has 2 heterocycles. The van der Waals surface area contributed by atoms with Crippen LogP contribution in [0.1, 0.15) is 94.0 Å². The van der Waals surface area contributed by atoms with Crippen molar-refractivity contribution < 1.29 is 33.4 Å². The van der Waals surface area contributed by atoms with Crippen LogP contribution in [-0.4, -0.2) is 132 Å². The molecule has 80 heavy (non-hydrogen) atoms. The first kappa shape index (κ1) is 65.5. The Labute approximate surface area is 482 Å². The van der Waals surface area contributed by atoms with Gasteiger partial charge in [-0.05, 0) is 127 Å². The summed E-state index contributed by atoms with van der Waals surface area (Å²) in [7, 11) is 2.10. The number of nitrogens with zero attached hydrogens (tertiary/aromatic N) is 4. The summed E-state index contributed by atoms with van der Waals surface area (Å²) in [5.41, 5.74) is 11.4. The number of likely N-dealkylation sites (N-methyl/N-ethyl adjacent to an activating group) is 1. The second-order valence-corrected chi connectivity index (χ2v) is 21.5. The summed E-state index contributed by atoms with van der Waals surface area (Å²) in [5.74, 6) is -0.500. The van der Waals surface area contributed by atoms with Crippen molar-refractivity contribution in [1.82, 2.24) is 30.2 Å². The number of alkyl carbamates (subject to hydrolysis) is 1. The quantitative estimate of drug-likeness (QED) is 0.0540. The monoisotopic (exact) mass is 1110 g/mol. The van der Waals surface area contributed by atoms with Gasteiger partial charge in [0.1, 0.15) is 24.3 Å². The second-order valence-electron chi connectivity index (χ2n) is 21.5. The summed E-state index contributed by atoms with van der Waals surface area (Å²) in [6, 6.07) is 48.2. The Hall–Kier alpha value is -7.00. The van der Waals surface area contributed by atoms with Crippen molar-refractivity contribution in [2.24, 2.45) is 5.73 Å². The van der Waals surface area contributed by atoms with Crippen LogP contribution in [0.15, 0.2) is 165 Å². The van der Waals surface area contributed by atoms with Gasteiger partial charge in [-0.3, -0.25) is 14.4 Å². The van der Waals surface area contributed by atoms with Crippen molar-refractivity contribution >= 4 is 42.3 Å². The molecule has 0 bridgehead atoms. The highest BCUT2D eigenvalue weighted by atomic mass is 35.5. The number of nitrogens with one attached hydrogen (secondary N) is 2. The lowest BCUT2D eigenvalue weighted by Crippen LogP contribution is -2.55. The highest BCUT2D eigenvalue weighted by molar-refractivity contribution is 5.91. The van der Waals surface area contributed by atoms with E-state index in [9.17, 15) is 24.0 Å². The number of hydrogen-bond acceptors (Lipinski definition) is 9. The number of carbonyl (C=O) groups is 5. The molecule has 0 aromatic heterocycles. The Kier molecular flexibility index (Phi) is 28.6. The number of aryl methyl sites for hydroxylation is 2. The molecule has 0 spiro atoms. The molecule has 15 heteroatoms. The number of halogens is 1. The predicted molar refractivity (Wildman–Crippen MR) is 322 cm³/mol. The molecule has 0 radical (unpaired) electrons. The summed E-state index contributed by atoms with van der Waals surface area (Å²) in [4.78, 5) is 73.5. The average molecular weight is 1110 g/mol. The number of likely N-dealkylation sites (tertiary alicyclic amines) is 2. The van der Waals surface area contributed by atoms with Crippen LogP contribution in [0, 0.1) is 0 Å². The summed E-state index contributed by atoms with van der Waals surface area (Å²) >= 11 is 0. The van der Waals surface area contributed by atoms with E-state index in [0.717, 1.165) is 74.7 Å². The van der Waals surface area contributed by atoms with Gasteiger partial charge in [0.15, 0.2) is 0 Å². The Bertz CT molecular complexity index is 2580. The van der Waals surface area contributed by atoms with Gasteiger partial charge in [-0.25, -0.2) is 9.59 Å². The molecule has 0 saturated carbocycles. The first-order valence-electron chi connectivity index (χ1n) is 28.1. The molecule has 5 aromatic rings. The number of ether oxygens (including phenoxy) is 2. The van der Waals surface area contributed by atoms with Crippen LogP contribution in [0.25, 0.3) is 0 Å². The zero-order valence-electron chi connectivity index (χ0n) is 47.9. The minimum Gasteiger partial charge on any atom is -0.445 e. The van der Waals surface area contributed by atoms with E-state index in [1.807, 2.05) is 113 Å². The molecule has 0 aliphatic carbocycles. The van der Waals surface area contributed by atoms with Crippen molar-refractivity contribution in [3.8, 4) is 0 Å². The number of nitrogens with two attached hydrogens (primary N) is 1. The van der Waals surface area contributed by atoms with E-state index in [1.54, 1.807) is 32.6 Å². The van der Waals surface area contributed by atoms with Gasteiger partial charge >= 0.3 is 12.2 Å². The number of carbonyl (C=O) groups excluding carboxylic acids is 5. The van der Waals surface area contributed by atoms with E-state index in [0.29, 0.717) is 45.4 Å². The third-order valence-corrected chi connectivity index (χ3v) is 14.1. The zero-order valence-corrected chi connectivity index (χ0v) is 48.7. The van der Waals surface area contributed by atoms with Gasteiger partial charge in [0.2, 0.25) is 17.7 Å². The fourth-order valence-corrected chi connectivity index (χ4v) is 9.84. The maximum Gasteiger partial charge on any atom is 0.410 e. The van der Waals surface area contributed by atoms with Crippen molar-refractivity contribution in [2.75, 3.05) is 46.3 Å². The van der Waals surface area contributed by atoms with Crippen molar-refractivity contribution in [3.63, 3.8) is 0 Å². The van der Waals surface area contributed by atoms with E-state index in [-0.39, 0.29) is 49.0 Å². The lowest BCUT2D eigenvalue weighted by Gasteiger charge is -2.32. The Morgan fingerprint density at radius 1 is 0.613 bits per heavy atom. The maximum absolute atomic E-state index is 13.9. The Morgan fingerprint density at radius 3 is 1.52 bits per heavy atom. The van der Waals surface area contributed by atoms with Gasteiger partial charge in [-0.1, -0.05) is 152 Å². The van der Waals surface area contributed by atoms with Crippen LogP contribution in [-0.2, 0) is 56.1 Å². The van der Waals surface area contributed by atoms with Crippen LogP contribution in [0.2, 0.25) is 0 Å². The lowest BCUT2D eigenvalue weighted by atomic mass is 10.0. The van der Waals surface area contributed by atoms with Crippen LogP contribution < -0.4 is 16.4 Å². The van der Waals surface area contributed by atoms with Crippen LogP contribution >= 0.6 is 12.4 Å². The second kappa shape index (κ2) is 34.9. The standard InChI is InChI=1S/C32H46N4O4.C31H37N3O3.C2H4.ClH/c1-24(33-31(39)40-32(2,3)4)29(37)34-28(19-18-25-13-8-6-9-14-25)30(38)36-21-12-17-27(36)23-35(5)22-20-26-15-10-7-11-16-26;32-29(19-18-25-11-4-1-5-12-25)30(35)34-21-10-17-28(34)23-33(22-20-26-13-6-2-7-14-26)31(36)37-24-27-15-8-3-9-16-27;1-2;/h6-11,13-16,24,27-28H,12,17-23H2,1-5H3,(H,33,39)(H,34,37);1-9,11-16,28-29H,10,17-24,32H2;1-2H2;1H/t24-,27-,28-;28-,29-;;/m00../s1. The van der Waals surface area contributed by atoms with Crippen molar-refractivity contribution in [2.45, 2.75) is 134 Å². The Balaban J connectivity index is 0.000000331. The molecular formula is C65H88ClN7O7. The summed E-state index contributed by atoms with van der Waals surface area (Å²) < 4.78 is 11.0. The predicted octanol–water partition coefficient (Wildman–Crippen LogP) is 10.2. The number of amides is 5. The first-order chi connectivity index (χ1) is 38.1. The van der Waals surface area contributed by atoms with Crippen LogP contribution in [0.3, 0.4) is 0 Å². The van der Waals surface area contributed by atoms with E-state index < -0.39 is 35.7 Å². The molecule has 2 aliphatic rings. The molecule has 5 amide bonds. The Morgan fingerprint density at radius 2 is 1.04 bits per heavy atom. The van der Waals surface area contributed by atoms with Gasteiger partial charge < -0.3 is 45.4 Å². The number of rotatable bonds is 23. The smallest absolute Gasteiger partial charge is 0.410 e. The fourth-order valence-electron chi connectivity index (χ4n) is 9.84. The normalized spacial score (nSPS) is 15.8. The van der Waals surface area contributed by atoms with Gasteiger partial charge in [-0.15, -0.1) is 25.6 Å². The van der Waals surface area contributed by atoms with Crippen LogP contribution in [0.5, 0.6) is 0 Å². The van der Waals surface area contributed by atoms with E-state index >= 15 is 0 Å². The summed E-state index contributed by atoms with van der Waals surface area (Å²) in [6.07, 6.45) is 6.79. The highest BCUT2D eigenvalue weighted by Gasteiger charge is 2.36. The molecule has 7 rings (SSSR count). The molecular weight excluding hydrogens is 1030 g/mol. The first-order valence-corrected chi connectivity index (χ1v) is 28.1. The average Bonchev–Trinajstić information content (AvgIpc) is 4.14. The molecule has 14 nitrogen and oxygen atoms in total. The number of benzene rings is 5. The third kappa shape index (κ3) is 23.0. The molecule has 5 aromatic carbocycles. The van der Waals surface area contributed by atoms with Crippen LogP contribution in [0.4, 0.5) is 9.59 Å². The van der Waals surface area contributed by atoms with E-state index in [4.69, 9.17) is 15.2 Å². The molecule has 4 N–H and O–H groups in total. The molecule has 2 aliphatic heterocycles. The molecule has 2 saturated heterocycles. The zero-order chi connectivity index (χ0) is 57.0. The largest absolute Gasteiger partial charge is 0.445 e. The molecule has 2 fully saturated rings. The highest BCUT2D eigenvalue weighted by Crippen LogP contribution is 2.23.